The van der Waals surface area contributed by atoms with Crippen molar-refractivity contribution in [3.05, 3.63) is 41.2 Å². The third-order valence-corrected chi connectivity index (χ3v) is 5.12. The molecule has 1 atom stereocenters. The average Bonchev–Trinajstić information content (AvgIpc) is 2.99. The number of hydrogen-bond acceptors (Lipinski definition) is 4. The molecule has 3 heterocycles. The number of carboxylic acids is 1. The van der Waals surface area contributed by atoms with Crippen LogP contribution in [0.1, 0.15) is 37.7 Å². The number of anilines is 1. The third kappa shape index (κ3) is 2.59. The molecule has 1 unspecified atom stereocenters. The molecule has 4 rings (SSSR count). The summed E-state index contributed by atoms with van der Waals surface area (Å²) in [7, 11) is 0. The number of aliphatic carboxylic acids is 1. The van der Waals surface area contributed by atoms with Gasteiger partial charge in [-0.3, -0.25) is 5.01 Å². The summed E-state index contributed by atoms with van der Waals surface area (Å²) in [4.78, 5) is 11.5. The van der Waals surface area contributed by atoms with Crippen molar-refractivity contribution in [3.8, 4) is 0 Å². The van der Waals surface area contributed by atoms with Crippen molar-refractivity contribution in [2.24, 2.45) is 0 Å². The first-order chi connectivity index (χ1) is 11.2. The normalized spacial score (nSPS) is 24.7. The number of fused-ring (bicyclic) bond motifs is 1. The zero-order chi connectivity index (χ0) is 15.8. The third-order valence-electron chi connectivity index (χ3n) is 5.12. The van der Waals surface area contributed by atoms with Crippen LogP contribution in [0, 0.1) is 0 Å². The number of carboxylic acid groups (broad SMARTS) is 1. The van der Waals surface area contributed by atoms with E-state index in [0.717, 1.165) is 38.2 Å². The summed E-state index contributed by atoms with van der Waals surface area (Å²) in [5.74, 6) is 0.273. The fourth-order valence-corrected chi connectivity index (χ4v) is 3.96. The largest absolute Gasteiger partial charge is 0.480 e. The molecule has 23 heavy (non-hydrogen) atoms. The molecule has 5 heteroatoms. The standard InChI is InChI=1S/C18H23N3O2/c22-18(23)15-8-5-7-14-12-13-6-1-2-9-16(13)21(17(14)19-15)20-10-3-4-11-20/h1-2,6,9,15,19H,3-5,7-8,10-12H2,(H,22,23). The Morgan fingerprint density at radius 3 is 2.74 bits per heavy atom. The minimum absolute atomic E-state index is 0.488. The van der Waals surface area contributed by atoms with Gasteiger partial charge in [-0.25, -0.2) is 9.80 Å². The van der Waals surface area contributed by atoms with Gasteiger partial charge < -0.3 is 10.4 Å². The molecule has 0 aliphatic carbocycles. The highest BCUT2D eigenvalue weighted by molar-refractivity contribution is 5.74. The Morgan fingerprint density at radius 1 is 1.17 bits per heavy atom. The van der Waals surface area contributed by atoms with Crippen molar-refractivity contribution in [1.29, 1.82) is 0 Å². The molecule has 122 valence electrons. The first-order valence-electron chi connectivity index (χ1n) is 8.58. The second kappa shape index (κ2) is 5.89. The van der Waals surface area contributed by atoms with E-state index in [1.54, 1.807) is 0 Å². The average molecular weight is 313 g/mol. The maximum Gasteiger partial charge on any atom is 0.326 e. The van der Waals surface area contributed by atoms with Crippen LogP contribution in [-0.2, 0) is 11.2 Å². The number of allylic oxidation sites excluding steroid dienone is 1. The van der Waals surface area contributed by atoms with E-state index in [9.17, 15) is 9.90 Å². The van der Waals surface area contributed by atoms with E-state index in [2.05, 4.69) is 39.6 Å². The highest BCUT2D eigenvalue weighted by Gasteiger charge is 2.34. The number of rotatable bonds is 2. The molecule has 1 saturated heterocycles. The zero-order valence-electron chi connectivity index (χ0n) is 13.3. The molecule has 0 spiro atoms. The molecule has 0 saturated carbocycles. The van der Waals surface area contributed by atoms with Crippen LogP contribution in [0.5, 0.6) is 0 Å². The first-order valence-corrected chi connectivity index (χ1v) is 8.58. The summed E-state index contributed by atoms with van der Waals surface area (Å²) in [6, 6.07) is 8.02. The zero-order valence-corrected chi connectivity index (χ0v) is 13.3. The summed E-state index contributed by atoms with van der Waals surface area (Å²) in [6.45, 7) is 2.06. The van der Waals surface area contributed by atoms with Crippen molar-refractivity contribution in [1.82, 2.24) is 10.3 Å². The van der Waals surface area contributed by atoms with Crippen LogP contribution in [0.2, 0.25) is 0 Å². The van der Waals surface area contributed by atoms with Crippen LogP contribution >= 0.6 is 0 Å². The van der Waals surface area contributed by atoms with Gasteiger partial charge in [0.05, 0.1) is 5.69 Å². The predicted molar refractivity (Wildman–Crippen MR) is 88.9 cm³/mol. The number of para-hydroxylation sites is 1. The summed E-state index contributed by atoms with van der Waals surface area (Å²) >= 11 is 0. The lowest BCUT2D eigenvalue weighted by molar-refractivity contribution is -0.139. The molecule has 1 aromatic rings. The van der Waals surface area contributed by atoms with Gasteiger partial charge in [-0.1, -0.05) is 18.2 Å². The minimum atomic E-state index is -0.751. The molecule has 5 nitrogen and oxygen atoms in total. The van der Waals surface area contributed by atoms with Crippen LogP contribution in [0.15, 0.2) is 35.7 Å². The fraction of sp³-hybridized carbons (Fsp3) is 0.500. The van der Waals surface area contributed by atoms with Crippen molar-refractivity contribution in [2.75, 3.05) is 18.1 Å². The SMILES string of the molecule is O=C(O)C1CCCC2=C(N1)N(N1CCCC1)c1ccccc1C2. The Labute approximate surface area is 136 Å². The molecule has 3 aliphatic rings. The molecule has 0 bridgehead atoms. The topological polar surface area (TPSA) is 55.8 Å². The quantitative estimate of drug-likeness (QED) is 0.878. The molecule has 2 N–H and O–H groups in total. The van der Waals surface area contributed by atoms with Crippen molar-refractivity contribution in [3.63, 3.8) is 0 Å². The molecular formula is C18H23N3O2. The van der Waals surface area contributed by atoms with Gasteiger partial charge in [0, 0.05) is 13.1 Å². The van der Waals surface area contributed by atoms with Gasteiger partial charge >= 0.3 is 5.97 Å². The van der Waals surface area contributed by atoms with Crippen molar-refractivity contribution in [2.45, 2.75) is 44.6 Å². The molecule has 0 amide bonds. The molecular weight excluding hydrogens is 290 g/mol. The fourth-order valence-electron chi connectivity index (χ4n) is 3.96. The second-order valence-corrected chi connectivity index (χ2v) is 6.66. The first kappa shape index (κ1) is 14.6. The van der Waals surface area contributed by atoms with E-state index in [-0.39, 0.29) is 0 Å². The van der Waals surface area contributed by atoms with E-state index < -0.39 is 12.0 Å². The van der Waals surface area contributed by atoms with E-state index in [1.165, 1.54) is 29.7 Å². The Morgan fingerprint density at radius 2 is 1.96 bits per heavy atom. The Kier molecular flexibility index (Phi) is 3.73. The molecule has 0 aromatic heterocycles. The lowest BCUT2D eigenvalue weighted by Crippen LogP contribution is -2.50. The second-order valence-electron chi connectivity index (χ2n) is 6.66. The van der Waals surface area contributed by atoms with Gasteiger partial charge in [-0.15, -0.1) is 0 Å². The van der Waals surface area contributed by atoms with E-state index >= 15 is 0 Å². The highest BCUT2D eigenvalue weighted by atomic mass is 16.4. The lowest BCUT2D eigenvalue weighted by atomic mass is 9.96. The molecule has 1 fully saturated rings. The van der Waals surface area contributed by atoms with E-state index in [4.69, 9.17) is 0 Å². The van der Waals surface area contributed by atoms with Gasteiger partial charge in [0.1, 0.15) is 11.9 Å². The van der Waals surface area contributed by atoms with Crippen molar-refractivity contribution < 1.29 is 9.90 Å². The smallest absolute Gasteiger partial charge is 0.326 e. The number of hydrogen-bond donors (Lipinski definition) is 2. The Balaban J connectivity index is 1.77. The van der Waals surface area contributed by atoms with Gasteiger partial charge in [-0.2, -0.15) is 0 Å². The predicted octanol–water partition coefficient (Wildman–Crippen LogP) is 2.50. The Bertz CT molecular complexity index is 649. The van der Waals surface area contributed by atoms with Crippen LogP contribution in [-0.4, -0.2) is 35.2 Å². The maximum absolute atomic E-state index is 11.5. The molecule has 1 aromatic carbocycles. The van der Waals surface area contributed by atoms with Crippen molar-refractivity contribution >= 4 is 11.7 Å². The number of nitrogens with one attached hydrogen (secondary N) is 1. The monoisotopic (exact) mass is 313 g/mol. The lowest BCUT2D eigenvalue weighted by Gasteiger charge is -2.41. The molecule has 3 aliphatic heterocycles. The summed E-state index contributed by atoms with van der Waals surface area (Å²) in [6.07, 6.45) is 5.92. The summed E-state index contributed by atoms with van der Waals surface area (Å²) in [5.41, 5.74) is 3.89. The highest BCUT2D eigenvalue weighted by Crippen LogP contribution is 2.37. The van der Waals surface area contributed by atoms with Crippen LogP contribution < -0.4 is 10.3 Å². The number of nitrogens with zero attached hydrogens (tertiary/aromatic N) is 2. The number of benzene rings is 1. The van der Waals surface area contributed by atoms with Gasteiger partial charge in [0.25, 0.3) is 0 Å². The van der Waals surface area contributed by atoms with Crippen LogP contribution in [0.4, 0.5) is 5.69 Å². The summed E-state index contributed by atoms with van der Waals surface area (Å²) < 4.78 is 0. The van der Waals surface area contributed by atoms with E-state index in [0.29, 0.717) is 6.42 Å². The Hall–Kier alpha value is -2.01. The van der Waals surface area contributed by atoms with Gasteiger partial charge in [0.15, 0.2) is 0 Å². The number of hydrazine groups is 1. The summed E-state index contributed by atoms with van der Waals surface area (Å²) in [5, 5.41) is 17.5. The molecule has 0 radical (unpaired) electrons. The van der Waals surface area contributed by atoms with Gasteiger partial charge in [0.2, 0.25) is 0 Å². The van der Waals surface area contributed by atoms with Crippen LogP contribution in [0.3, 0.4) is 0 Å². The van der Waals surface area contributed by atoms with Crippen LogP contribution in [0.25, 0.3) is 0 Å². The van der Waals surface area contributed by atoms with E-state index in [1.807, 2.05) is 0 Å². The van der Waals surface area contributed by atoms with Gasteiger partial charge in [-0.05, 0) is 55.7 Å². The minimum Gasteiger partial charge on any atom is -0.480 e. The maximum atomic E-state index is 11.5. The number of carbonyl (C=O) groups is 1.